The number of amides is 1. The molecule has 1 aromatic carbocycles. The molecule has 4 rings (SSSR count). The van der Waals surface area contributed by atoms with E-state index in [0.717, 1.165) is 24.1 Å². The standard InChI is InChI=1S/C19H23N3O2.ClH/c20-17-12-3-1-4-13(17)10-15(9-12)18(23)22-16-6-2-5-14(11-16)19-21-7-8-24-19;/h2,5-8,11-13,15,17H,1,3-4,9-10,20H2,(H,22,23);1H. The number of fused-ring (bicyclic) bond motifs is 2. The average molecular weight is 362 g/mol. The summed E-state index contributed by atoms with van der Waals surface area (Å²) in [6.45, 7) is 0. The first-order valence-electron chi connectivity index (χ1n) is 8.77. The number of aromatic nitrogens is 1. The van der Waals surface area contributed by atoms with Crippen LogP contribution in [0.4, 0.5) is 5.69 Å². The Morgan fingerprint density at radius 2 is 2.00 bits per heavy atom. The van der Waals surface area contributed by atoms with E-state index in [1.165, 1.54) is 19.3 Å². The van der Waals surface area contributed by atoms with E-state index in [1.807, 2.05) is 24.3 Å². The predicted molar refractivity (Wildman–Crippen MR) is 99.3 cm³/mol. The van der Waals surface area contributed by atoms with Crippen LogP contribution in [0.5, 0.6) is 0 Å². The first-order chi connectivity index (χ1) is 11.7. The van der Waals surface area contributed by atoms with Crippen LogP contribution in [-0.2, 0) is 4.79 Å². The molecule has 0 saturated heterocycles. The number of anilines is 1. The smallest absolute Gasteiger partial charge is 0.227 e. The van der Waals surface area contributed by atoms with Gasteiger partial charge in [-0.3, -0.25) is 4.79 Å². The normalized spacial score (nSPS) is 28.0. The molecule has 0 radical (unpaired) electrons. The highest BCUT2D eigenvalue weighted by molar-refractivity contribution is 5.93. The number of hydrogen-bond acceptors (Lipinski definition) is 4. The van der Waals surface area contributed by atoms with Crippen LogP contribution in [0.3, 0.4) is 0 Å². The van der Waals surface area contributed by atoms with Gasteiger partial charge in [-0.15, -0.1) is 12.4 Å². The van der Waals surface area contributed by atoms with Gasteiger partial charge >= 0.3 is 0 Å². The number of carbonyl (C=O) groups is 1. The van der Waals surface area contributed by atoms with Gasteiger partial charge in [0.25, 0.3) is 0 Å². The summed E-state index contributed by atoms with van der Waals surface area (Å²) in [7, 11) is 0. The van der Waals surface area contributed by atoms with Crippen molar-refractivity contribution in [2.75, 3.05) is 5.32 Å². The van der Waals surface area contributed by atoms with Crippen LogP contribution in [-0.4, -0.2) is 16.9 Å². The van der Waals surface area contributed by atoms with Gasteiger partial charge in [0.1, 0.15) is 6.26 Å². The van der Waals surface area contributed by atoms with Crippen LogP contribution in [0.15, 0.2) is 41.1 Å². The summed E-state index contributed by atoms with van der Waals surface area (Å²) in [6.07, 6.45) is 8.60. The van der Waals surface area contributed by atoms with E-state index < -0.39 is 0 Å². The first kappa shape index (κ1) is 18.0. The summed E-state index contributed by atoms with van der Waals surface area (Å²) in [5.41, 5.74) is 7.97. The number of halogens is 1. The van der Waals surface area contributed by atoms with E-state index in [9.17, 15) is 4.79 Å². The molecule has 2 aliphatic carbocycles. The molecule has 25 heavy (non-hydrogen) atoms. The van der Waals surface area contributed by atoms with E-state index in [0.29, 0.717) is 17.7 Å². The lowest BCUT2D eigenvalue weighted by Gasteiger charge is -2.43. The minimum absolute atomic E-state index is 0. The highest BCUT2D eigenvalue weighted by Crippen LogP contribution is 2.42. The molecule has 6 heteroatoms. The SMILES string of the molecule is Cl.NC1C2CCCC1CC(C(=O)Nc1cccc(-c3ncco3)c1)C2. The fourth-order valence-electron chi connectivity index (χ4n) is 4.34. The molecule has 1 amide bonds. The Balaban J connectivity index is 0.00000182. The van der Waals surface area contributed by atoms with E-state index in [2.05, 4.69) is 10.3 Å². The number of nitrogens with zero attached hydrogens (tertiary/aromatic N) is 1. The van der Waals surface area contributed by atoms with E-state index >= 15 is 0 Å². The first-order valence-corrected chi connectivity index (χ1v) is 8.77. The van der Waals surface area contributed by atoms with Gasteiger partial charge in [0.05, 0.1) is 6.20 Å². The lowest BCUT2D eigenvalue weighted by Crippen LogP contribution is -2.48. The number of nitrogens with two attached hydrogens (primary N) is 1. The number of oxazole rings is 1. The van der Waals surface area contributed by atoms with Crippen molar-refractivity contribution in [2.24, 2.45) is 23.5 Å². The number of carbonyl (C=O) groups excluding carboxylic acids is 1. The van der Waals surface area contributed by atoms with Gasteiger partial charge < -0.3 is 15.5 Å². The third-order valence-corrected chi connectivity index (χ3v) is 5.59. The average Bonchev–Trinajstić information content (AvgIpc) is 3.09. The van der Waals surface area contributed by atoms with Crippen molar-refractivity contribution in [2.45, 2.75) is 38.1 Å². The van der Waals surface area contributed by atoms with Crippen LogP contribution < -0.4 is 11.1 Å². The second-order valence-corrected chi connectivity index (χ2v) is 7.10. The molecule has 2 atom stereocenters. The van der Waals surface area contributed by atoms with Gasteiger partial charge in [0.15, 0.2) is 0 Å². The van der Waals surface area contributed by atoms with Crippen molar-refractivity contribution >= 4 is 24.0 Å². The second kappa shape index (κ2) is 7.58. The quantitative estimate of drug-likeness (QED) is 0.869. The summed E-state index contributed by atoms with van der Waals surface area (Å²) in [6, 6.07) is 7.92. The van der Waals surface area contributed by atoms with Gasteiger partial charge in [-0.1, -0.05) is 12.5 Å². The molecule has 2 saturated carbocycles. The van der Waals surface area contributed by atoms with Crippen molar-refractivity contribution in [3.63, 3.8) is 0 Å². The Morgan fingerprint density at radius 1 is 1.24 bits per heavy atom. The lowest BCUT2D eigenvalue weighted by molar-refractivity contribution is -0.122. The summed E-state index contributed by atoms with van der Waals surface area (Å²) in [5, 5.41) is 3.07. The molecule has 1 aromatic heterocycles. The van der Waals surface area contributed by atoms with Gasteiger partial charge in [-0.2, -0.15) is 0 Å². The predicted octanol–water partition coefficient (Wildman–Crippen LogP) is 3.86. The maximum absolute atomic E-state index is 12.7. The monoisotopic (exact) mass is 361 g/mol. The zero-order valence-electron chi connectivity index (χ0n) is 14.1. The molecule has 2 aliphatic rings. The third kappa shape index (κ3) is 3.72. The maximum Gasteiger partial charge on any atom is 0.227 e. The lowest BCUT2D eigenvalue weighted by atomic mass is 9.65. The van der Waals surface area contributed by atoms with Crippen molar-refractivity contribution in [3.8, 4) is 11.5 Å². The van der Waals surface area contributed by atoms with Crippen molar-refractivity contribution in [1.82, 2.24) is 4.98 Å². The molecular formula is C19H24ClN3O2. The van der Waals surface area contributed by atoms with Gasteiger partial charge in [0, 0.05) is 23.2 Å². The zero-order chi connectivity index (χ0) is 16.5. The Hall–Kier alpha value is -1.85. The Bertz CT molecular complexity index is 705. The third-order valence-electron chi connectivity index (χ3n) is 5.59. The van der Waals surface area contributed by atoms with Crippen molar-refractivity contribution < 1.29 is 9.21 Å². The molecule has 1 heterocycles. The molecule has 2 fully saturated rings. The van der Waals surface area contributed by atoms with Crippen molar-refractivity contribution in [3.05, 3.63) is 36.7 Å². The van der Waals surface area contributed by atoms with E-state index in [1.54, 1.807) is 12.5 Å². The molecule has 5 nitrogen and oxygen atoms in total. The summed E-state index contributed by atoms with van der Waals surface area (Å²) in [5.74, 6) is 1.76. The molecule has 0 aliphatic heterocycles. The molecule has 0 spiro atoms. The maximum atomic E-state index is 12.7. The topological polar surface area (TPSA) is 81.2 Å². The van der Waals surface area contributed by atoms with Gasteiger partial charge in [0.2, 0.25) is 11.8 Å². The van der Waals surface area contributed by atoms with Gasteiger partial charge in [-0.05, 0) is 55.7 Å². The number of nitrogens with one attached hydrogen (secondary N) is 1. The summed E-state index contributed by atoms with van der Waals surface area (Å²) < 4.78 is 5.32. The summed E-state index contributed by atoms with van der Waals surface area (Å²) >= 11 is 0. The van der Waals surface area contributed by atoms with E-state index in [4.69, 9.17) is 10.2 Å². The van der Waals surface area contributed by atoms with Crippen LogP contribution in [0.25, 0.3) is 11.5 Å². The second-order valence-electron chi connectivity index (χ2n) is 7.10. The number of benzene rings is 1. The Labute approximate surface area is 153 Å². The molecular weight excluding hydrogens is 338 g/mol. The van der Waals surface area contributed by atoms with E-state index in [-0.39, 0.29) is 30.3 Å². The zero-order valence-corrected chi connectivity index (χ0v) is 14.9. The van der Waals surface area contributed by atoms with Crippen LogP contribution >= 0.6 is 12.4 Å². The van der Waals surface area contributed by atoms with Crippen LogP contribution in [0.2, 0.25) is 0 Å². The highest BCUT2D eigenvalue weighted by Gasteiger charge is 2.40. The highest BCUT2D eigenvalue weighted by atomic mass is 35.5. The van der Waals surface area contributed by atoms with Gasteiger partial charge in [-0.25, -0.2) is 4.98 Å². The largest absolute Gasteiger partial charge is 0.445 e. The van der Waals surface area contributed by atoms with Crippen LogP contribution in [0, 0.1) is 17.8 Å². The molecule has 134 valence electrons. The Kier molecular flexibility index (Phi) is 5.45. The fourth-order valence-corrected chi connectivity index (χ4v) is 4.34. The molecule has 2 aromatic rings. The number of rotatable bonds is 3. The minimum atomic E-state index is 0. The van der Waals surface area contributed by atoms with Crippen LogP contribution in [0.1, 0.15) is 32.1 Å². The number of hydrogen-bond donors (Lipinski definition) is 2. The summed E-state index contributed by atoms with van der Waals surface area (Å²) in [4.78, 5) is 16.9. The molecule has 2 unspecified atom stereocenters. The molecule has 3 N–H and O–H groups in total. The fraction of sp³-hybridized carbons (Fsp3) is 0.474. The van der Waals surface area contributed by atoms with Crippen molar-refractivity contribution in [1.29, 1.82) is 0 Å². The minimum Gasteiger partial charge on any atom is -0.445 e. The molecule has 2 bridgehead atoms. The Morgan fingerprint density at radius 3 is 2.68 bits per heavy atom.